The van der Waals surface area contributed by atoms with Crippen LogP contribution in [0.15, 0.2) is 91.0 Å². The minimum Gasteiger partial charge on any atom is -0.384 e. The first-order chi connectivity index (χ1) is 10.8. The summed E-state index contributed by atoms with van der Waals surface area (Å²) in [6.45, 7) is 0. The first kappa shape index (κ1) is 14.3. The van der Waals surface area contributed by atoms with Gasteiger partial charge in [0, 0.05) is 0 Å². The number of fused-ring (bicyclic) bond motifs is 1. The second-order valence-corrected chi connectivity index (χ2v) is 5.21. The van der Waals surface area contributed by atoms with E-state index in [-0.39, 0.29) is 0 Å². The summed E-state index contributed by atoms with van der Waals surface area (Å²) in [5, 5.41) is 12.6. The molecule has 1 heteroatoms. The van der Waals surface area contributed by atoms with E-state index in [1.54, 1.807) is 6.08 Å². The van der Waals surface area contributed by atoms with E-state index in [9.17, 15) is 5.11 Å². The second-order valence-electron chi connectivity index (χ2n) is 5.21. The standard InChI is InChI=1S/C21H18O/c22-21(13-7-4-10-17-8-2-1-3-9-17)20-15-14-18-11-5-6-12-19(18)16-20/h1-16,21-22H/b10-4+,13-7+. The van der Waals surface area contributed by atoms with Crippen LogP contribution in [0.4, 0.5) is 0 Å². The zero-order chi connectivity index (χ0) is 15.2. The van der Waals surface area contributed by atoms with Crippen LogP contribution in [0.3, 0.4) is 0 Å². The van der Waals surface area contributed by atoms with Gasteiger partial charge in [0.1, 0.15) is 0 Å². The van der Waals surface area contributed by atoms with E-state index < -0.39 is 6.10 Å². The van der Waals surface area contributed by atoms with Gasteiger partial charge in [-0.25, -0.2) is 0 Å². The highest BCUT2D eigenvalue weighted by Crippen LogP contribution is 2.21. The average Bonchev–Trinajstić information content (AvgIpc) is 2.59. The summed E-state index contributed by atoms with van der Waals surface area (Å²) < 4.78 is 0. The molecule has 0 aromatic heterocycles. The third kappa shape index (κ3) is 3.51. The molecular formula is C21H18O. The molecule has 3 aromatic rings. The Labute approximate surface area is 130 Å². The minimum absolute atomic E-state index is 0.593. The van der Waals surface area contributed by atoms with E-state index in [1.165, 1.54) is 5.39 Å². The summed E-state index contributed by atoms with van der Waals surface area (Å²) in [4.78, 5) is 0. The Balaban J connectivity index is 1.71. The van der Waals surface area contributed by atoms with Gasteiger partial charge in [0.05, 0.1) is 6.10 Å². The lowest BCUT2D eigenvalue weighted by Crippen LogP contribution is -1.92. The Bertz CT molecular complexity index is 800. The SMILES string of the molecule is OC(/C=C/C=C/c1ccccc1)c1ccc2ccccc2c1. The lowest BCUT2D eigenvalue weighted by Gasteiger charge is -2.07. The lowest BCUT2D eigenvalue weighted by atomic mass is 10.0. The average molecular weight is 286 g/mol. The minimum atomic E-state index is -0.593. The summed E-state index contributed by atoms with van der Waals surface area (Å²) in [7, 11) is 0. The van der Waals surface area contributed by atoms with Gasteiger partial charge < -0.3 is 5.11 Å². The van der Waals surface area contributed by atoms with E-state index in [0.717, 1.165) is 16.5 Å². The Hall–Kier alpha value is -2.64. The Kier molecular flexibility index (Phi) is 4.47. The third-order valence-electron chi connectivity index (χ3n) is 3.61. The smallest absolute Gasteiger partial charge is 0.0975 e. The van der Waals surface area contributed by atoms with Crippen LogP contribution in [0, 0.1) is 0 Å². The predicted octanol–water partition coefficient (Wildman–Crippen LogP) is 5.14. The number of hydrogen-bond acceptors (Lipinski definition) is 1. The number of hydrogen-bond donors (Lipinski definition) is 1. The van der Waals surface area contributed by atoms with E-state index in [4.69, 9.17) is 0 Å². The molecule has 0 aliphatic rings. The molecule has 0 bridgehead atoms. The summed E-state index contributed by atoms with van der Waals surface area (Å²) >= 11 is 0. The van der Waals surface area contributed by atoms with Crippen molar-refractivity contribution in [2.45, 2.75) is 6.10 Å². The maximum absolute atomic E-state index is 10.3. The molecule has 108 valence electrons. The van der Waals surface area contributed by atoms with Crippen molar-refractivity contribution in [3.8, 4) is 0 Å². The van der Waals surface area contributed by atoms with Crippen LogP contribution in [-0.4, -0.2) is 5.11 Å². The van der Waals surface area contributed by atoms with Gasteiger partial charge in [0.25, 0.3) is 0 Å². The molecule has 1 atom stereocenters. The normalized spacial score (nSPS) is 13.1. The molecule has 0 saturated heterocycles. The molecule has 0 fully saturated rings. The van der Waals surface area contributed by atoms with Crippen molar-refractivity contribution in [2.24, 2.45) is 0 Å². The van der Waals surface area contributed by atoms with Gasteiger partial charge in [0.15, 0.2) is 0 Å². The maximum atomic E-state index is 10.3. The molecule has 1 N–H and O–H groups in total. The Morgan fingerprint density at radius 2 is 1.45 bits per heavy atom. The molecule has 1 unspecified atom stereocenters. The molecule has 0 amide bonds. The molecule has 0 aliphatic heterocycles. The number of rotatable bonds is 4. The zero-order valence-electron chi connectivity index (χ0n) is 12.3. The van der Waals surface area contributed by atoms with Crippen molar-refractivity contribution in [1.29, 1.82) is 0 Å². The Morgan fingerprint density at radius 3 is 2.27 bits per heavy atom. The molecule has 0 spiro atoms. The molecule has 3 rings (SSSR count). The fourth-order valence-corrected chi connectivity index (χ4v) is 2.40. The summed E-state index contributed by atoms with van der Waals surface area (Å²) in [5.41, 5.74) is 2.05. The first-order valence-corrected chi connectivity index (χ1v) is 7.39. The van der Waals surface area contributed by atoms with Crippen LogP contribution in [0.2, 0.25) is 0 Å². The van der Waals surface area contributed by atoms with Gasteiger partial charge in [-0.3, -0.25) is 0 Å². The van der Waals surface area contributed by atoms with Gasteiger partial charge in [-0.1, -0.05) is 91.0 Å². The fourth-order valence-electron chi connectivity index (χ4n) is 2.40. The highest BCUT2D eigenvalue weighted by Gasteiger charge is 2.03. The topological polar surface area (TPSA) is 20.2 Å². The number of aliphatic hydroxyl groups is 1. The van der Waals surface area contributed by atoms with Gasteiger partial charge in [-0.15, -0.1) is 0 Å². The molecule has 0 heterocycles. The van der Waals surface area contributed by atoms with Crippen molar-refractivity contribution in [2.75, 3.05) is 0 Å². The Morgan fingerprint density at radius 1 is 0.727 bits per heavy atom. The van der Waals surface area contributed by atoms with E-state index in [0.29, 0.717) is 0 Å². The van der Waals surface area contributed by atoms with Crippen LogP contribution in [0.1, 0.15) is 17.2 Å². The highest BCUT2D eigenvalue weighted by atomic mass is 16.3. The van der Waals surface area contributed by atoms with Gasteiger partial charge in [0.2, 0.25) is 0 Å². The monoisotopic (exact) mass is 286 g/mol. The van der Waals surface area contributed by atoms with Crippen molar-refractivity contribution >= 4 is 16.8 Å². The van der Waals surface area contributed by atoms with Crippen molar-refractivity contribution in [1.82, 2.24) is 0 Å². The van der Waals surface area contributed by atoms with Crippen LogP contribution < -0.4 is 0 Å². The van der Waals surface area contributed by atoms with Gasteiger partial charge >= 0.3 is 0 Å². The van der Waals surface area contributed by atoms with Gasteiger partial charge in [-0.05, 0) is 28.0 Å². The van der Waals surface area contributed by atoms with Crippen LogP contribution >= 0.6 is 0 Å². The van der Waals surface area contributed by atoms with E-state index in [1.807, 2.05) is 78.9 Å². The summed E-state index contributed by atoms with van der Waals surface area (Å²) in [6, 6.07) is 24.3. The highest BCUT2D eigenvalue weighted by molar-refractivity contribution is 5.83. The van der Waals surface area contributed by atoms with Crippen LogP contribution in [0.5, 0.6) is 0 Å². The van der Waals surface area contributed by atoms with Crippen LogP contribution in [0.25, 0.3) is 16.8 Å². The maximum Gasteiger partial charge on any atom is 0.0975 e. The number of aliphatic hydroxyl groups excluding tert-OH is 1. The number of benzene rings is 3. The quantitative estimate of drug-likeness (QED) is 0.658. The summed E-state index contributed by atoms with van der Waals surface area (Å²) in [5.74, 6) is 0. The van der Waals surface area contributed by atoms with Crippen LogP contribution in [-0.2, 0) is 0 Å². The molecule has 1 nitrogen and oxygen atoms in total. The van der Waals surface area contributed by atoms with Crippen molar-refractivity contribution in [3.63, 3.8) is 0 Å². The van der Waals surface area contributed by atoms with E-state index >= 15 is 0 Å². The number of allylic oxidation sites excluding steroid dienone is 2. The van der Waals surface area contributed by atoms with Crippen molar-refractivity contribution in [3.05, 3.63) is 102 Å². The molecule has 22 heavy (non-hydrogen) atoms. The summed E-state index contributed by atoms with van der Waals surface area (Å²) in [6.07, 6.45) is 7.05. The molecular weight excluding hydrogens is 268 g/mol. The van der Waals surface area contributed by atoms with Gasteiger partial charge in [-0.2, -0.15) is 0 Å². The van der Waals surface area contributed by atoms with E-state index in [2.05, 4.69) is 12.1 Å². The first-order valence-electron chi connectivity index (χ1n) is 7.39. The fraction of sp³-hybridized carbons (Fsp3) is 0.0476. The second kappa shape index (κ2) is 6.88. The third-order valence-corrected chi connectivity index (χ3v) is 3.61. The lowest BCUT2D eigenvalue weighted by molar-refractivity contribution is 0.229. The largest absolute Gasteiger partial charge is 0.384 e. The van der Waals surface area contributed by atoms with Crippen molar-refractivity contribution < 1.29 is 5.11 Å². The molecule has 0 aliphatic carbocycles. The molecule has 3 aromatic carbocycles. The molecule has 0 radical (unpaired) electrons. The zero-order valence-corrected chi connectivity index (χ0v) is 12.3. The predicted molar refractivity (Wildman–Crippen MR) is 93.5 cm³/mol. The molecule has 0 saturated carbocycles.